The molecule has 1 fully saturated rings. The molecule has 8 heteroatoms. The minimum absolute atomic E-state index is 0.201. The summed E-state index contributed by atoms with van der Waals surface area (Å²) < 4.78 is 2.01. The summed E-state index contributed by atoms with van der Waals surface area (Å²) in [4.78, 5) is 25.6. The summed E-state index contributed by atoms with van der Waals surface area (Å²) >= 11 is 0. The monoisotopic (exact) mass is 420 g/mol. The van der Waals surface area contributed by atoms with Crippen molar-refractivity contribution in [1.82, 2.24) is 24.8 Å². The van der Waals surface area contributed by atoms with Gasteiger partial charge in [-0.15, -0.1) is 0 Å². The number of aliphatic hydroxyl groups excluding tert-OH is 1. The van der Waals surface area contributed by atoms with Crippen molar-refractivity contribution in [2.75, 3.05) is 5.32 Å². The summed E-state index contributed by atoms with van der Waals surface area (Å²) in [5, 5.41) is 16.1. The fourth-order valence-electron chi connectivity index (χ4n) is 3.79. The first kappa shape index (κ1) is 21.0. The highest BCUT2D eigenvalue weighted by atomic mass is 16.3. The van der Waals surface area contributed by atoms with Gasteiger partial charge in [0.05, 0.1) is 12.4 Å². The molecule has 0 radical (unpaired) electrons. The number of nitrogens with zero attached hydrogens (tertiary/aromatic N) is 4. The molecule has 1 aliphatic rings. The molecule has 1 aliphatic carbocycles. The summed E-state index contributed by atoms with van der Waals surface area (Å²) in [5.41, 5.74) is 2.63. The van der Waals surface area contributed by atoms with Crippen molar-refractivity contribution >= 4 is 11.7 Å². The van der Waals surface area contributed by atoms with Gasteiger partial charge in [0.2, 0.25) is 0 Å². The van der Waals surface area contributed by atoms with Crippen LogP contribution in [0.1, 0.15) is 53.0 Å². The third kappa shape index (κ3) is 5.67. The Kier molecular flexibility index (Phi) is 6.57. The standard InChI is InChI=1S/C23H28N6O2/c1-16-25-13-21(22(27-16)28-19-6-8-20(30)9-7-19)23(31)26-12-17-2-4-18(5-3-17)14-29-11-10-24-15-29/h2-5,10-11,13,15,19-20,30H,6-9,12,14H2,1H3,(H,26,31)(H,25,27,28). The Balaban J connectivity index is 1.37. The number of carbonyl (C=O) groups excluding carboxylic acids is 1. The van der Waals surface area contributed by atoms with Crippen LogP contribution in [-0.4, -0.2) is 42.7 Å². The van der Waals surface area contributed by atoms with Crippen LogP contribution in [0, 0.1) is 6.92 Å². The lowest BCUT2D eigenvalue weighted by Crippen LogP contribution is -2.31. The Hall–Kier alpha value is -3.26. The molecule has 0 atom stereocenters. The normalized spacial score (nSPS) is 18.5. The molecule has 4 rings (SSSR count). The van der Waals surface area contributed by atoms with Crippen molar-refractivity contribution in [3.63, 3.8) is 0 Å². The molecule has 3 N–H and O–H groups in total. The average molecular weight is 421 g/mol. The van der Waals surface area contributed by atoms with Gasteiger partial charge >= 0.3 is 0 Å². The Labute approximate surface area is 181 Å². The molecule has 2 aromatic heterocycles. The topological polar surface area (TPSA) is 105 Å². The van der Waals surface area contributed by atoms with E-state index in [0.717, 1.165) is 37.8 Å². The van der Waals surface area contributed by atoms with Crippen molar-refractivity contribution in [3.8, 4) is 0 Å². The highest BCUT2D eigenvalue weighted by Gasteiger charge is 2.22. The Morgan fingerprint density at radius 1 is 1.16 bits per heavy atom. The fraction of sp³-hybridized carbons (Fsp3) is 0.391. The number of aryl methyl sites for hydroxylation is 1. The second-order valence-corrected chi connectivity index (χ2v) is 8.06. The molecule has 0 spiro atoms. The van der Waals surface area contributed by atoms with Crippen LogP contribution in [0.5, 0.6) is 0 Å². The van der Waals surface area contributed by atoms with Gasteiger partial charge in [0.15, 0.2) is 0 Å². The molecule has 31 heavy (non-hydrogen) atoms. The van der Waals surface area contributed by atoms with Crippen molar-refractivity contribution < 1.29 is 9.90 Å². The van der Waals surface area contributed by atoms with Crippen molar-refractivity contribution in [1.29, 1.82) is 0 Å². The predicted octanol–water partition coefficient (Wildman–Crippen LogP) is 2.68. The fourth-order valence-corrected chi connectivity index (χ4v) is 3.79. The number of aromatic nitrogens is 4. The van der Waals surface area contributed by atoms with Gasteiger partial charge in [-0.05, 0) is 43.7 Å². The van der Waals surface area contributed by atoms with E-state index in [1.807, 2.05) is 29.8 Å². The first-order valence-corrected chi connectivity index (χ1v) is 10.7. The number of hydrogen-bond acceptors (Lipinski definition) is 6. The van der Waals surface area contributed by atoms with Gasteiger partial charge in [0, 0.05) is 37.7 Å². The van der Waals surface area contributed by atoms with E-state index < -0.39 is 0 Å². The van der Waals surface area contributed by atoms with Gasteiger partial charge in [-0.2, -0.15) is 0 Å². The van der Waals surface area contributed by atoms with Crippen LogP contribution in [-0.2, 0) is 13.1 Å². The average Bonchev–Trinajstić information content (AvgIpc) is 3.28. The maximum atomic E-state index is 12.8. The molecule has 1 amide bonds. The Morgan fingerprint density at radius 3 is 2.61 bits per heavy atom. The van der Waals surface area contributed by atoms with Crippen LogP contribution in [0.25, 0.3) is 0 Å². The number of imidazole rings is 1. The minimum Gasteiger partial charge on any atom is -0.393 e. The zero-order valence-electron chi connectivity index (χ0n) is 17.7. The van der Waals surface area contributed by atoms with E-state index in [1.165, 1.54) is 5.56 Å². The highest BCUT2D eigenvalue weighted by molar-refractivity contribution is 5.98. The first-order valence-electron chi connectivity index (χ1n) is 10.7. The lowest BCUT2D eigenvalue weighted by atomic mass is 9.93. The SMILES string of the molecule is Cc1ncc(C(=O)NCc2ccc(Cn3ccnc3)cc2)c(NC2CCC(O)CC2)n1. The molecule has 0 aliphatic heterocycles. The van der Waals surface area contributed by atoms with Gasteiger partial charge in [0.1, 0.15) is 17.2 Å². The number of nitrogens with one attached hydrogen (secondary N) is 2. The first-order chi connectivity index (χ1) is 15.1. The van der Waals surface area contributed by atoms with E-state index in [1.54, 1.807) is 18.7 Å². The van der Waals surface area contributed by atoms with Crippen LogP contribution in [0.4, 0.5) is 5.82 Å². The Bertz CT molecular complexity index is 995. The summed E-state index contributed by atoms with van der Waals surface area (Å²) in [6.45, 7) is 3.00. The molecule has 1 aromatic carbocycles. The van der Waals surface area contributed by atoms with E-state index in [-0.39, 0.29) is 18.1 Å². The number of aliphatic hydroxyl groups is 1. The summed E-state index contributed by atoms with van der Waals surface area (Å²) in [5.74, 6) is 0.964. The van der Waals surface area contributed by atoms with E-state index in [2.05, 4.69) is 37.7 Å². The number of hydrogen-bond donors (Lipinski definition) is 3. The number of amides is 1. The Morgan fingerprint density at radius 2 is 1.90 bits per heavy atom. The second kappa shape index (κ2) is 9.70. The second-order valence-electron chi connectivity index (χ2n) is 8.06. The lowest BCUT2D eigenvalue weighted by molar-refractivity contribution is 0.0950. The minimum atomic E-state index is -0.223. The molecular weight excluding hydrogens is 392 g/mol. The third-order valence-electron chi connectivity index (χ3n) is 5.59. The lowest BCUT2D eigenvalue weighted by Gasteiger charge is -2.27. The number of anilines is 1. The predicted molar refractivity (Wildman–Crippen MR) is 118 cm³/mol. The van der Waals surface area contributed by atoms with Crippen LogP contribution >= 0.6 is 0 Å². The quantitative estimate of drug-likeness (QED) is 0.543. The molecular formula is C23H28N6O2. The molecule has 162 valence electrons. The number of rotatable bonds is 7. The van der Waals surface area contributed by atoms with Gasteiger partial charge in [-0.3, -0.25) is 4.79 Å². The van der Waals surface area contributed by atoms with Crippen molar-refractivity contribution in [2.24, 2.45) is 0 Å². The van der Waals surface area contributed by atoms with Gasteiger partial charge in [0.25, 0.3) is 5.91 Å². The molecule has 2 heterocycles. The van der Waals surface area contributed by atoms with Crippen LogP contribution in [0.2, 0.25) is 0 Å². The van der Waals surface area contributed by atoms with E-state index in [4.69, 9.17) is 0 Å². The van der Waals surface area contributed by atoms with Gasteiger partial charge in [-0.25, -0.2) is 15.0 Å². The maximum Gasteiger partial charge on any atom is 0.256 e. The largest absolute Gasteiger partial charge is 0.393 e. The smallest absolute Gasteiger partial charge is 0.256 e. The zero-order valence-corrected chi connectivity index (χ0v) is 17.7. The van der Waals surface area contributed by atoms with Crippen LogP contribution in [0.15, 0.2) is 49.2 Å². The van der Waals surface area contributed by atoms with Crippen LogP contribution in [0.3, 0.4) is 0 Å². The number of carbonyl (C=O) groups is 1. The molecule has 3 aromatic rings. The van der Waals surface area contributed by atoms with Gasteiger partial charge < -0.3 is 20.3 Å². The van der Waals surface area contributed by atoms with Gasteiger partial charge in [-0.1, -0.05) is 24.3 Å². The molecule has 0 unspecified atom stereocenters. The van der Waals surface area contributed by atoms with E-state index in [0.29, 0.717) is 23.8 Å². The summed E-state index contributed by atoms with van der Waals surface area (Å²) in [6, 6.07) is 8.35. The number of benzene rings is 1. The van der Waals surface area contributed by atoms with E-state index >= 15 is 0 Å². The highest BCUT2D eigenvalue weighted by Crippen LogP contribution is 2.23. The van der Waals surface area contributed by atoms with E-state index in [9.17, 15) is 9.90 Å². The van der Waals surface area contributed by atoms with Crippen molar-refractivity contribution in [2.45, 2.75) is 57.8 Å². The molecule has 0 bridgehead atoms. The zero-order chi connectivity index (χ0) is 21.6. The molecule has 8 nitrogen and oxygen atoms in total. The maximum absolute atomic E-state index is 12.8. The summed E-state index contributed by atoms with van der Waals surface area (Å²) in [6.07, 6.45) is 10.1. The molecule has 0 saturated heterocycles. The van der Waals surface area contributed by atoms with Crippen LogP contribution < -0.4 is 10.6 Å². The molecule has 1 saturated carbocycles. The third-order valence-corrected chi connectivity index (χ3v) is 5.59. The van der Waals surface area contributed by atoms with Crippen molar-refractivity contribution in [3.05, 3.63) is 71.7 Å². The summed E-state index contributed by atoms with van der Waals surface area (Å²) in [7, 11) is 0.